The molecule has 0 radical (unpaired) electrons. The summed E-state index contributed by atoms with van der Waals surface area (Å²) in [5, 5.41) is 20.7. The van der Waals surface area contributed by atoms with Gasteiger partial charge in [-0.1, -0.05) is 243 Å². The molecule has 0 saturated carbocycles. The van der Waals surface area contributed by atoms with Crippen molar-refractivity contribution in [2.45, 2.75) is 83.8 Å². The molecule has 4 fully saturated rings. The molecule has 0 aliphatic carbocycles. The van der Waals surface area contributed by atoms with E-state index >= 15 is 0 Å². The molecule has 18 aromatic carbocycles. The summed E-state index contributed by atoms with van der Waals surface area (Å²) >= 11 is 0. The van der Waals surface area contributed by atoms with E-state index in [4.69, 9.17) is 18.9 Å². The second-order valence-corrected chi connectivity index (χ2v) is 40.5. The Morgan fingerprint density at radius 3 is 0.656 bits per heavy atom. The van der Waals surface area contributed by atoms with E-state index in [0.29, 0.717) is 77.9 Å². The summed E-state index contributed by atoms with van der Waals surface area (Å²) in [7, 11) is 1.20. The van der Waals surface area contributed by atoms with Gasteiger partial charge in [0, 0.05) is 86.7 Å². The number of carbonyl (C=O) groups is 4. The van der Waals surface area contributed by atoms with Gasteiger partial charge in [-0.3, -0.25) is 0 Å². The third kappa shape index (κ3) is 16.7. The average Bonchev–Trinajstić information content (AvgIpc) is 0.883. The Balaban J connectivity index is 0.000000107. The molecule has 0 spiro atoms. The highest BCUT2D eigenvalue weighted by Gasteiger charge is 2.34. The average molecular weight is 1670 g/mol. The maximum Gasteiger partial charge on any atom is 0.344 e. The van der Waals surface area contributed by atoms with E-state index in [1.54, 1.807) is 0 Å². The number of carbonyl (C=O) groups excluding carboxylic acids is 4. The van der Waals surface area contributed by atoms with Gasteiger partial charge < -0.3 is 18.9 Å². The molecule has 0 unspecified atom stereocenters. The van der Waals surface area contributed by atoms with Gasteiger partial charge in [-0.25, -0.2) is 19.2 Å². The van der Waals surface area contributed by atoms with Crippen molar-refractivity contribution in [2.24, 2.45) is 0 Å². The number of rotatable bonds is 12. The summed E-state index contributed by atoms with van der Waals surface area (Å²) in [5.74, 6) is 11.5. The highest BCUT2D eigenvalue weighted by atomic mass is 32.2. The SMILES string of the molecule is O=C(Oc1ccc([S+]2CCCC2)c2ccccc12)c1c2ccccc2cc2ccccc12.O=C(Oc1ccc([S+]2CCCC2)c2ccccc12)c1cccc2ccccc12.O=C(Oc1ccc([S+]2CCCCC2)c2ccccc12)c1c2ccccc2cc2ccccc12.O=C(Oc1ccc([S+]2CCCCC2)c2ccccc12)c1cccc2ccccc12. The molecule has 4 heterocycles. The standard InChI is InChI=1S/C30H25O2S.C29H23O2S.C26H23O2S.C25H21O2S/c31-30(29-23-12-4-2-10-21(23)20-22-11-3-5-13-24(22)29)32-27-16-17-28(33-18-8-1-9-19-33)26-15-7-6-14-25(26)27;30-29(28-22-11-3-1-9-20(22)19-21-10-2-4-12-23(21)28)31-26-15-16-27(32-17-7-8-18-32)25-14-6-5-13-24(25)26;27-26(23-14-8-10-19-9-2-3-11-20(19)23)28-24-15-16-25(29-17-6-1-7-18-29)22-13-5-4-12-21(22)24;26-25(22-13-7-9-18-8-1-2-10-19(18)22)27-23-14-15-24(28-16-5-6-17-28)21-12-4-3-11-20(21)23/h2-7,10-17,20H,1,8-9,18-19H2;1-6,9-16,19H,7-8,17-18H2;2-5,8-16H,1,6-7,17-18H2;1-4,7-15H,5-6,16-17H2/q4*+1. The lowest BCUT2D eigenvalue weighted by atomic mass is 9.97. The Hall–Kier alpha value is -12.2. The van der Waals surface area contributed by atoms with Crippen molar-refractivity contribution in [3.05, 3.63) is 362 Å². The molecule has 600 valence electrons. The van der Waals surface area contributed by atoms with Gasteiger partial charge in [0.05, 0.1) is 22.3 Å². The third-order valence-electron chi connectivity index (χ3n) is 24.0. The van der Waals surface area contributed by atoms with E-state index in [0.717, 1.165) is 86.2 Å². The molecular formula is C110H92O8S4+4. The van der Waals surface area contributed by atoms with E-state index in [1.807, 2.05) is 231 Å². The second-order valence-electron chi connectivity index (χ2n) is 31.6. The Morgan fingerprint density at radius 1 is 0.180 bits per heavy atom. The highest BCUT2D eigenvalue weighted by Crippen LogP contribution is 2.42. The molecule has 4 saturated heterocycles. The van der Waals surface area contributed by atoms with Crippen molar-refractivity contribution in [3.63, 3.8) is 0 Å². The van der Waals surface area contributed by atoms with Crippen LogP contribution in [0.3, 0.4) is 0 Å². The lowest BCUT2D eigenvalue weighted by Gasteiger charge is -2.16. The highest BCUT2D eigenvalue weighted by molar-refractivity contribution is 7.98. The van der Waals surface area contributed by atoms with E-state index in [9.17, 15) is 19.2 Å². The van der Waals surface area contributed by atoms with Crippen LogP contribution >= 0.6 is 0 Å². The molecule has 18 aromatic rings. The van der Waals surface area contributed by atoms with Crippen LogP contribution in [0.4, 0.5) is 0 Å². The molecule has 22 rings (SSSR count). The molecule has 0 bridgehead atoms. The monoisotopic (exact) mass is 1670 g/mol. The smallest absolute Gasteiger partial charge is 0.344 e. The summed E-state index contributed by atoms with van der Waals surface area (Å²) in [6, 6.07) is 114. The summed E-state index contributed by atoms with van der Waals surface area (Å²) in [4.78, 5) is 59.0. The number of hydrogen-bond donors (Lipinski definition) is 0. The van der Waals surface area contributed by atoms with Crippen molar-refractivity contribution >= 4 is 175 Å². The third-order valence-corrected chi connectivity index (χ3v) is 34.2. The molecule has 0 atom stereocenters. The van der Waals surface area contributed by atoms with Crippen LogP contribution in [0.5, 0.6) is 23.0 Å². The molecule has 4 aliphatic rings. The lowest BCUT2D eigenvalue weighted by molar-refractivity contribution is 0.0729. The normalized spacial score (nSPS) is 14.6. The topological polar surface area (TPSA) is 105 Å². The fourth-order valence-electron chi connectivity index (χ4n) is 18.1. The first kappa shape index (κ1) is 79.6. The maximum atomic E-state index is 13.7. The fraction of sp³-hybridized carbons (Fsp3) is 0.164. The van der Waals surface area contributed by atoms with Crippen molar-refractivity contribution in [2.75, 3.05) is 46.0 Å². The maximum absolute atomic E-state index is 13.7. The van der Waals surface area contributed by atoms with Crippen LogP contribution < -0.4 is 18.9 Å². The van der Waals surface area contributed by atoms with Gasteiger partial charge in [-0.15, -0.1) is 0 Å². The van der Waals surface area contributed by atoms with Crippen molar-refractivity contribution in [1.82, 2.24) is 0 Å². The Morgan fingerprint density at radius 2 is 0.385 bits per heavy atom. The van der Waals surface area contributed by atoms with Crippen LogP contribution in [0.2, 0.25) is 0 Å². The van der Waals surface area contributed by atoms with Gasteiger partial charge in [-0.2, -0.15) is 0 Å². The van der Waals surface area contributed by atoms with Gasteiger partial charge in [0.15, 0.2) is 19.6 Å². The van der Waals surface area contributed by atoms with Gasteiger partial charge in [0.1, 0.15) is 69.0 Å². The van der Waals surface area contributed by atoms with Crippen LogP contribution in [0.15, 0.2) is 359 Å². The number of ether oxygens (including phenoxy) is 4. The number of esters is 4. The van der Waals surface area contributed by atoms with Crippen LogP contribution in [0, 0.1) is 0 Å². The lowest BCUT2D eigenvalue weighted by Crippen LogP contribution is -2.18. The van der Waals surface area contributed by atoms with Crippen LogP contribution in [-0.4, -0.2) is 69.9 Å². The second kappa shape index (κ2) is 36.6. The quantitative estimate of drug-likeness (QED) is 0.0516. The molecule has 122 heavy (non-hydrogen) atoms. The van der Waals surface area contributed by atoms with Crippen LogP contribution in [-0.2, 0) is 43.6 Å². The van der Waals surface area contributed by atoms with Gasteiger partial charge in [0.25, 0.3) is 0 Å². The first-order chi connectivity index (χ1) is 60.2. The minimum Gasteiger partial charge on any atom is -0.422 e. The van der Waals surface area contributed by atoms with E-state index in [2.05, 4.69) is 109 Å². The van der Waals surface area contributed by atoms with Gasteiger partial charge in [-0.05, 0) is 226 Å². The van der Waals surface area contributed by atoms with Gasteiger partial charge in [0.2, 0.25) is 0 Å². The predicted molar refractivity (Wildman–Crippen MR) is 514 cm³/mol. The summed E-state index contributed by atoms with van der Waals surface area (Å²) in [6.45, 7) is 0. The van der Waals surface area contributed by atoms with E-state index in [1.165, 1.54) is 151 Å². The van der Waals surface area contributed by atoms with Crippen molar-refractivity contribution < 1.29 is 38.1 Å². The van der Waals surface area contributed by atoms with Crippen LogP contribution in [0.1, 0.15) is 106 Å². The molecule has 12 heteroatoms. The molecule has 0 aromatic heterocycles. The Bertz CT molecular complexity index is 6900. The Labute approximate surface area is 722 Å². The first-order valence-electron chi connectivity index (χ1n) is 42.6. The Kier molecular flexibility index (Phi) is 23.9. The van der Waals surface area contributed by atoms with E-state index in [-0.39, 0.29) is 34.8 Å². The van der Waals surface area contributed by atoms with E-state index < -0.39 is 0 Å². The minimum absolute atomic E-state index is 0.283. The molecule has 0 N–H and O–H groups in total. The zero-order chi connectivity index (χ0) is 82.2. The molecule has 8 nitrogen and oxygen atoms in total. The fourth-order valence-corrected chi connectivity index (χ4v) is 28.1. The first-order valence-corrected chi connectivity index (χ1v) is 48.9. The predicted octanol–water partition coefficient (Wildman–Crippen LogP) is 27.0. The number of benzene rings is 18. The number of hydrogen-bond acceptors (Lipinski definition) is 8. The van der Waals surface area contributed by atoms with Gasteiger partial charge >= 0.3 is 23.9 Å². The van der Waals surface area contributed by atoms with Crippen molar-refractivity contribution in [3.8, 4) is 23.0 Å². The molecule has 0 amide bonds. The molecular weight excluding hydrogens is 1580 g/mol. The summed E-state index contributed by atoms with van der Waals surface area (Å²) in [6.07, 6.45) is 13.2. The minimum atomic E-state index is -0.307. The largest absolute Gasteiger partial charge is 0.422 e. The zero-order valence-corrected chi connectivity index (χ0v) is 71.2. The molecule has 4 aliphatic heterocycles. The zero-order valence-electron chi connectivity index (χ0n) is 68.0. The summed E-state index contributed by atoms with van der Waals surface area (Å²) in [5.41, 5.74) is 2.46. The summed E-state index contributed by atoms with van der Waals surface area (Å²) < 4.78 is 24.1. The number of fused-ring (bicyclic) bond motifs is 10. The van der Waals surface area contributed by atoms with Crippen molar-refractivity contribution in [1.29, 1.82) is 0 Å². The van der Waals surface area contributed by atoms with Crippen LogP contribution in [0.25, 0.3) is 108 Å².